The molecule has 4 heteroatoms. The normalized spacial score (nSPS) is 12.7. The molecule has 0 fully saturated rings. The topological polar surface area (TPSA) is 28.2 Å². The lowest BCUT2D eigenvalue weighted by atomic mass is 10.1. The fourth-order valence-corrected chi connectivity index (χ4v) is 3.21. The summed E-state index contributed by atoms with van der Waals surface area (Å²) in [5, 5.41) is 6.67. The van der Waals surface area contributed by atoms with Crippen LogP contribution in [0.15, 0.2) is 29.6 Å². The van der Waals surface area contributed by atoms with Crippen molar-refractivity contribution in [1.82, 2.24) is 10.3 Å². The van der Waals surface area contributed by atoms with E-state index >= 15 is 0 Å². The summed E-state index contributed by atoms with van der Waals surface area (Å²) in [6, 6.07) is 8.82. The Hall–Kier alpha value is -1.39. The minimum atomic E-state index is 0.170. The molecule has 2 rings (SSSR count). The van der Waals surface area contributed by atoms with Crippen LogP contribution in [0.1, 0.15) is 42.1 Å². The van der Waals surface area contributed by atoms with E-state index in [1.54, 1.807) is 11.3 Å². The molecular weight excluding hydrogens is 266 g/mol. The van der Waals surface area contributed by atoms with Gasteiger partial charge in [-0.15, -0.1) is 11.3 Å². The molecule has 0 saturated heterocycles. The predicted molar refractivity (Wildman–Crippen MR) is 87.9 cm³/mol. The van der Waals surface area contributed by atoms with Gasteiger partial charge >= 0.3 is 0 Å². The van der Waals surface area contributed by atoms with E-state index in [-0.39, 0.29) is 6.04 Å². The van der Waals surface area contributed by atoms with Gasteiger partial charge in [-0.1, -0.05) is 26.0 Å². The molecule has 1 aromatic heterocycles. The molecule has 0 bridgehead atoms. The fourth-order valence-electron chi connectivity index (χ4n) is 2.10. The van der Waals surface area contributed by atoms with Crippen molar-refractivity contribution in [2.75, 3.05) is 26.0 Å². The molecule has 1 atom stereocenters. The number of nitrogens with zero attached hydrogens (tertiary/aromatic N) is 2. The summed E-state index contributed by atoms with van der Waals surface area (Å²) in [6.07, 6.45) is 0. The summed E-state index contributed by atoms with van der Waals surface area (Å²) in [5.41, 5.74) is 3.64. The van der Waals surface area contributed by atoms with Crippen molar-refractivity contribution in [3.63, 3.8) is 0 Å². The number of nitrogens with one attached hydrogen (secondary N) is 1. The first kappa shape index (κ1) is 15.0. The van der Waals surface area contributed by atoms with Gasteiger partial charge in [0.15, 0.2) is 0 Å². The highest BCUT2D eigenvalue weighted by molar-refractivity contribution is 7.09. The van der Waals surface area contributed by atoms with E-state index < -0.39 is 0 Å². The number of aromatic nitrogens is 1. The molecule has 1 unspecified atom stereocenters. The Labute approximate surface area is 125 Å². The van der Waals surface area contributed by atoms with Gasteiger partial charge in [-0.3, -0.25) is 0 Å². The number of thiazole rings is 1. The van der Waals surface area contributed by atoms with E-state index in [9.17, 15) is 0 Å². The van der Waals surface area contributed by atoms with Crippen LogP contribution in [0.3, 0.4) is 0 Å². The van der Waals surface area contributed by atoms with Crippen molar-refractivity contribution in [3.8, 4) is 0 Å². The van der Waals surface area contributed by atoms with Crippen molar-refractivity contribution in [2.24, 2.45) is 0 Å². The molecule has 0 aliphatic rings. The molecule has 0 amide bonds. The van der Waals surface area contributed by atoms with Gasteiger partial charge in [0.1, 0.15) is 5.01 Å². The average Bonchev–Trinajstić information content (AvgIpc) is 2.90. The Morgan fingerprint density at radius 3 is 2.25 bits per heavy atom. The van der Waals surface area contributed by atoms with E-state index in [0.29, 0.717) is 5.92 Å². The first-order valence-electron chi connectivity index (χ1n) is 6.92. The molecule has 0 spiro atoms. The molecule has 20 heavy (non-hydrogen) atoms. The SMILES string of the molecule is CNC(c1ccc(N(C)C)cc1)c1nc(C(C)C)cs1. The first-order valence-corrected chi connectivity index (χ1v) is 7.80. The van der Waals surface area contributed by atoms with Gasteiger partial charge in [-0.2, -0.15) is 0 Å². The number of hydrogen-bond acceptors (Lipinski definition) is 4. The van der Waals surface area contributed by atoms with Crippen LogP contribution in [0.5, 0.6) is 0 Å². The Morgan fingerprint density at radius 2 is 1.80 bits per heavy atom. The second-order valence-electron chi connectivity index (χ2n) is 5.47. The number of anilines is 1. The molecule has 1 aromatic carbocycles. The molecule has 0 aliphatic heterocycles. The zero-order valence-corrected chi connectivity index (χ0v) is 13.7. The van der Waals surface area contributed by atoms with Gasteiger partial charge in [0.05, 0.1) is 11.7 Å². The van der Waals surface area contributed by atoms with Crippen LogP contribution in [0.4, 0.5) is 5.69 Å². The highest BCUT2D eigenvalue weighted by Crippen LogP contribution is 2.28. The molecule has 1 heterocycles. The van der Waals surface area contributed by atoms with Gasteiger partial charge < -0.3 is 10.2 Å². The third-order valence-electron chi connectivity index (χ3n) is 3.41. The minimum absolute atomic E-state index is 0.170. The Balaban J connectivity index is 2.26. The third-order valence-corrected chi connectivity index (χ3v) is 4.34. The number of hydrogen-bond donors (Lipinski definition) is 1. The maximum absolute atomic E-state index is 4.76. The van der Waals surface area contributed by atoms with E-state index in [0.717, 1.165) is 5.01 Å². The largest absolute Gasteiger partial charge is 0.378 e. The van der Waals surface area contributed by atoms with E-state index in [4.69, 9.17) is 4.98 Å². The van der Waals surface area contributed by atoms with Gasteiger partial charge in [0.2, 0.25) is 0 Å². The zero-order chi connectivity index (χ0) is 14.7. The molecule has 0 radical (unpaired) electrons. The van der Waals surface area contributed by atoms with Crippen LogP contribution >= 0.6 is 11.3 Å². The molecule has 1 N–H and O–H groups in total. The summed E-state index contributed by atoms with van der Waals surface area (Å²) in [7, 11) is 6.10. The number of benzene rings is 1. The van der Waals surface area contributed by atoms with Crippen LogP contribution in [0, 0.1) is 0 Å². The summed E-state index contributed by atoms with van der Waals surface area (Å²) in [6.45, 7) is 4.36. The van der Waals surface area contributed by atoms with Crippen molar-refractivity contribution >= 4 is 17.0 Å². The molecule has 108 valence electrons. The second kappa shape index (κ2) is 6.37. The van der Waals surface area contributed by atoms with Crippen molar-refractivity contribution in [1.29, 1.82) is 0 Å². The van der Waals surface area contributed by atoms with Gasteiger partial charge in [0, 0.05) is 25.2 Å². The van der Waals surface area contributed by atoms with Crippen LogP contribution in [0.25, 0.3) is 0 Å². The third kappa shape index (κ3) is 3.19. The monoisotopic (exact) mass is 289 g/mol. The first-order chi connectivity index (χ1) is 9.52. The van der Waals surface area contributed by atoms with E-state index in [2.05, 4.69) is 67.8 Å². The van der Waals surface area contributed by atoms with Crippen LogP contribution in [-0.2, 0) is 0 Å². The fraction of sp³-hybridized carbons (Fsp3) is 0.438. The van der Waals surface area contributed by atoms with Gasteiger partial charge in [0.25, 0.3) is 0 Å². The summed E-state index contributed by atoms with van der Waals surface area (Å²) >= 11 is 1.73. The lowest BCUT2D eigenvalue weighted by Crippen LogP contribution is -2.18. The smallest absolute Gasteiger partial charge is 0.114 e. The van der Waals surface area contributed by atoms with Gasteiger partial charge in [-0.25, -0.2) is 4.98 Å². The second-order valence-corrected chi connectivity index (χ2v) is 6.36. The number of rotatable bonds is 5. The average molecular weight is 289 g/mol. The maximum atomic E-state index is 4.76. The highest BCUT2D eigenvalue weighted by Gasteiger charge is 2.17. The minimum Gasteiger partial charge on any atom is -0.378 e. The lowest BCUT2D eigenvalue weighted by molar-refractivity contribution is 0.679. The van der Waals surface area contributed by atoms with E-state index in [1.165, 1.54) is 16.9 Å². The summed E-state index contributed by atoms with van der Waals surface area (Å²) in [4.78, 5) is 6.87. The van der Waals surface area contributed by atoms with E-state index in [1.807, 2.05) is 7.05 Å². The molecule has 0 aliphatic carbocycles. The molecule has 3 nitrogen and oxygen atoms in total. The summed E-state index contributed by atoms with van der Waals surface area (Å²) < 4.78 is 0. The maximum Gasteiger partial charge on any atom is 0.114 e. The van der Waals surface area contributed by atoms with Crippen LogP contribution in [-0.4, -0.2) is 26.1 Å². The Morgan fingerprint density at radius 1 is 1.15 bits per heavy atom. The standard InChI is InChI=1S/C16H23N3S/c1-11(2)14-10-20-16(18-14)15(17-3)12-6-8-13(9-7-12)19(4)5/h6-11,15,17H,1-5H3. The van der Waals surface area contributed by atoms with Crippen LogP contribution in [0.2, 0.25) is 0 Å². The quantitative estimate of drug-likeness (QED) is 0.911. The summed E-state index contributed by atoms with van der Waals surface area (Å²) in [5.74, 6) is 0.480. The lowest BCUT2D eigenvalue weighted by Gasteiger charge is -2.17. The Bertz CT molecular complexity index is 543. The predicted octanol–water partition coefficient (Wildman–Crippen LogP) is 3.64. The van der Waals surface area contributed by atoms with Crippen molar-refractivity contribution in [3.05, 3.63) is 45.9 Å². The molecule has 0 saturated carbocycles. The zero-order valence-electron chi connectivity index (χ0n) is 12.8. The molecular formula is C16H23N3S. The van der Waals surface area contributed by atoms with Crippen molar-refractivity contribution < 1.29 is 0 Å². The van der Waals surface area contributed by atoms with Gasteiger partial charge in [-0.05, 0) is 30.7 Å². The molecule has 2 aromatic rings. The Kier molecular flexibility index (Phi) is 4.78. The van der Waals surface area contributed by atoms with Crippen LogP contribution < -0.4 is 10.2 Å². The highest BCUT2D eigenvalue weighted by atomic mass is 32.1. The van der Waals surface area contributed by atoms with Crippen molar-refractivity contribution in [2.45, 2.75) is 25.8 Å².